The Kier molecular flexibility index (Phi) is 29.3. The standard InChI is InChI=1S/C7H7F3N2O2.C5H8F3NO2.C3H5F3O.CH3I.H4N2.H2O/c8-7(9,10)1-4-14-6(13)12-3-2-11-5-12;6-5(7,8)1-2-11-4(10)3-9;4-3(5,6)1-2-7;2*1-2;/h2-3,5H,1,4H2;1-3,9H2;7H,1-2H2;1H3;1-2H2;1H2/i;;;1D;;. The number of imidazole rings is 1. The van der Waals surface area contributed by atoms with Crippen LogP contribution in [0.15, 0.2) is 18.7 Å². The molecule has 0 spiro atoms. The van der Waals surface area contributed by atoms with Crippen molar-refractivity contribution in [3.63, 3.8) is 0 Å². The van der Waals surface area contributed by atoms with Crippen LogP contribution in [0.1, 0.15) is 20.6 Å². The van der Waals surface area contributed by atoms with Crippen molar-refractivity contribution >= 4 is 34.7 Å². The maximum atomic E-state index is 11.6. The molecule has 0 atom stereocenters. The summed E-state index contributed by atoms with van der Waals surface area (Å²) in [5.41, 5.74) is 4.77. The minimum Gasteiger partial charge on any atom is -0.464 e. The molecule has 1 heterocycles. The Hall–Kier alpha value is -1.95. The van der Waals surface area contributed by atoms with Gasteiger partial charge < -0.3 is 25.8 Å². The molecule has 9 N–H and O–H groups in total. The highest BCUT2D eigenvalue weighted by Gasteiger charge is 2.28. The highest BCUT2D eigenvalue weighted by molar-refractivity contribution is 14.1. The molecule has 0 aliphatic heterocycles. The first-order valence-corrected chi connectivity index (χ1v) is 10.4. The van der Waals surface area contributed by atoms with E-state index in [0.29, 0.717) is 4.91 Å². The van der Waals surface area contributed by atoms with E-state index in [9.17, 15) is 49.1 Å². The number of carbonyl (C=O) groups is 2. The normalized spacial score (nSPS) is 10.6. The lowest BCUT2D eigenvalue weighted by atomic mass is 10.4. The molecule has 0 saturated heterocycles. The summed E-state index contributed by atoms with van der Waals surface area (Å²) < 4.78 is 117. The number of esters is 1. The second kappa shape index (κ2) is 25.7. The minimum atomic E-state index is -4.31. The van der Waals surface area contributed by atoms with Gasteiger partial charge in [0.2, 0.25) is 0 Å². The van der Waals surface area contributed by atoms with Crippen LogP contribution in [-0.4, -0.2) is 82.0 Å². The summed E-state index contributed by atoms with van der Waals surface area (Å²) in [5, 5.41) is 7.68. The smallest absolute Gasteiger partial charge is 0.419 e. The van der Waals surface area contributed by atoms with E-state index in [0.717, 1.165) is 10.9 Å². The second-order valence-corrected chi connectivity index (χ2v) is 5.33. The van der Waals surface area contributed by atoms with Crippen molar-refractivity contribution in [3.05, 3.63) is 18.7 Å². The monoisotopic (exact) mass is 686 g/mol. The minimum absolute atomic E-state index is 0. The highest BCUT2D eigenvalue weighted by Crippen LogP contribution is 2.20. The molecule has 1 aromatic rings. The third-order valence-corrected chi connectivity index (χ3v) is 2.54. The number of hydrogen-bond donors (Lipinski definition) is 4. The number of aliphatic hydroxyl groups is 1. The zero-order valence-electron chi connectivity index (χ0n) is 19.9. The number of halogens is 10. The molecule has 0 bridgehead atoms. The topological polar surface area (TPSA) is 200 Å². The molecule has 11 nitrogen and oxygen atoms in total. The Balaban J connectivity index is -0.000000136. The number of rotatable bonds is 6. The van der Waals surface area contributed by atoms with Crippen molar-refractivity contribution in [1.29, 1.82) is 0 Å². The van der Waals surface area contributed by atoms with Crippen molar-refractivity contribution in [1.82, 2.24) is 9.55 Å². The van der Waals surface area contributed by atoms with Gasteiger partial charge in [0.15, 0.2) is 0 Å². The molecule has 1 aromatic heterocycles. The summed E-state index contributed by atoms with van der Waals surface area (Å²) in [6.07, 6.45) is -13.3. The van der Waals surface area contributed by atoms with E-state index >= 15 is 0 Å². The molecule has 21 heteroatoms. The van der Waals surface area contributed by atoms with Crippen molar-refractivity contribution in [2.75, 3.05) is 31.3 Å². The van der Waals surface area contributed by atoms with Crippen molar-refractivity contribution in [3.8, 4) is 0 Å². The quantitative estimate of drug-likeness (QED) is 0.0866. The summed E-state index contributed by atoms with van der Waals surface area (Å²) in [5.74, 6) is 7.18. The van der Waals surface area contributed by atoms with Crippen LogP contribution in [0.4, 0.5) is 44.3 Å². The summed E-state index contributed by atoms with van der Waals surface area (Å²) in [6, 6.07) is 0. The van der Waals surface area contributed by atoms with Gasteiger partial charge in [-0.3, -0.25) is 16.5 Å². The van der Waals surface area contributed by atoms with E-state index < -0.39 is 76.2 Å². The number of aromatic nitrogens is 2. The number of hydrazine groups is 1. The average molecular weight is 686 g/mol. The molecule has 37 heavy (non-hydrogen) atoms. The summed E-state index contributed by atoms with van der Waals surface area (Å²) in [6.45, 7) is -2.54. The Bertz CT molecular complexity index is 670. The van der Waals surface area contributed by atoms with E-state index in [2.05, 4.69) is 26.1 Å². The molecule has 0 saturated carbocycles. The van der Waals surface area contributed by atoms with E-state index in [1.165, 1.54) is 12.4 Å². The molecule has 0 aliphatic rings. The van der Waals surface area contributed by atoms with Crippen molar-refractivity contribution in [2.45, 2.75) is 37.8 Å². The van der Waals surface area contributed by atoms with Crippen LogP contribution in [0, 0.1) is 0 Å². The first-order valence-electron chi connectivity index (χ1n) is 9.63. The van der Waals surface area contributed by atoms with Gasteiger partial charge in [-0.25, -0.2) is 14.3 Å². The molecule has 224 valence electrons. The number of carbonyl (C=O) groups excluding carboxylic acids is 2. The number of alkyl halides is 10. The second-order valence-electron chi connectivity index (χ2n) is 5.33. The molecular weight excluding hydrogens is 656 g/mol. The van der Waals surface area contributed by atoms with E-state index in [-0.39, 0.29) is 5.48 Å². The zero-order valence-corrected chi connectivity index (χ0v) is 21.0. The van der Waals surface area contributed by atoms with Crippen molar-refractivity contribution < 1.29 is 70.5 Å². The summed E-state index contributed by atoms with van der Waals surface area (Å²) >= 11 is 1.96. The third kappa shape index (κ3) is 41.4. The van der Waals surface area contributed by atoms with Gasteiger partial charge in [-0.2, -0.15) is 39.5 Å². The fraction of sp³-hybridized carbons (Fsp3) is 0.688. The maximum absolute atomic E-state index is 11.6. The number of ether oxygens (including phenoxy) is 2. The predicted octanol–water partition coefficient (Wildman–Crippen LogP) is 2.24. The number of aliphatic hydroxyl groups excluding tert-OH is 1. The van der Waals surface area contributed by atoms with E-state index in [1.807, 2.05) is 22.6 Å². The fourth-order valence-electron chi connectivity index (χ4n) is 1.16. The lowest BCUT2D eigenvalue weighted by Crippen LogP contribution is -2.20. The molecule has 0 amide bonds. The maximum Gasteiger partial charge on any atom is 0.419 e. The van der Waals surface area contributed by atoms with Crippen LogP contribution < -0.4 is 17.4 Å². The fourth-order valence-corrected chi connectivity index (χ4v) is 1.16. The molecule has 1 rings (SSSR count). The van der Waals surface area contributed by atoms with Crippen LogP contribution >= 0.6 is 22.6 Å². The van der Waals surface area contributed by atoms with E-state index in [1.54, 1.807) is 0 Å². The number of nitrogens with zero attached hydrogens (tertiary/aromatic N) is 2. The lowest BCUT2D eigenvalue weighted by molar-refractivity contribution is -0.158. The summed E-state index contributed by atoms with van der Waals surface area (Å²) in [4.78, 5) is 25.1. The first kappa shape index (κ1) is 42.2. The van der Waals surface area contributed by atoms with Gasteiger partial charge >= 0.3 is 30.6 Å². The Morgan fingerprint density at radius 3 is 1.65 bits per heavy atom. The molecule has 0 aliphatic carbocycles. The number of nitrogens with two attached hydrogens (primary N) is 3. The van der Waals surface area contributed by atoms with Gasteiger partial charge in [0.05, 0.1) is 39.0 Å². The Morgan fingerprint density at radius 2 is 1.38 bits per heavy atom. The Morgan fingerprint density at radius 1 is 0.973 bits per heavy atom. The molecule has 0 unspecified atom stereocenters. The Labute approximate surface area is 220 Å². The van der Waals surface area contributed by atoms with Crippen LogP contribution in [0.25, 0.3) is 0 Å². The van der Waals surface area contributed by atoms with Gasteiger partial charge in [-0.1, -0.05) is 22.6 Å². The lowest BCUT2D eigenvalue weighted by Gasteiger charge is -2.06. The molecule has 0 radical (unpaired) electrons. The molecule has 0 fully saturated rings. The zero-order chi connectivity index (χ0) is 30.1. The summed E-state index contributed by atoms with van der Waals surface area (Å²) in [7, 11) is 0. The average Bonchev–Trinajstić information content (AvgIpc) is 3.29. The predicted molar refractivity (Wildman–Crippen MR) is 120 cm³/mol. The van der Waals surface area contributed by atoms with Gasteiger partial charge in [-0.15, -0.1) is 0 Å². The third-order valence-electron chi connectivity index (χ3n) is 2.54. The SMILES string of the molecule is NCC(=O)OCCC(F)(F)F.NN.O.O=C(OCCC(F)(F)F)n1ccnc1.OCCC(F)(F)F.[2H]CI. The van der Waals surface area contributed by atoms with Crippen LogP contribution in [0.3, 0.4) is 0 Å². The first-order chi connectivity index (χ1) is 16.9. The van der Waals surface area contributed by atoms with Gasteiger partial charge in [-0.05, 0) is 4.91 Å². The number of hydrogen-bond acceptors (Lipinski definition) is 9. The molecule has 0 aromatic carbocycles. The van der Waals surface area contributed by atoms with Gasteiger partial charge in [0, 0.05) is 13.8 Å². The van der Waals surface area contributed by atoms with Crippen LogP contribution in [0.5, 0.6) is 0 Å². The largest absolute Gasteiger partial charge is 0.464 e. The van der Waals surface area contributed by atoms with Gasteiger partial charge in [0.25, 0.3) is 0 Å². The van der Waals surface area contributed by atoms with Gasteiger partial charge in [0.1, 0.15) is 12.9 Å². The van der Waals surface area contributed by atoms with Crippen LogP contribution in [0.2, 0.25) is 0 Å². The highest BCUT2D eigenvalue weighted by atomic mass is 127. The van der Waals surface area contributed by atoms with E-state index in [4.69, 9.17) is 12.2 Å². The molecular formula is C16H29F9IN5O6. The van der Waals surface area contributed by atoms with Crippen LogP contribution in [-0.2, 0) is 14.3 Å². The van der Waals surface area contributed by atoms with Crippen molar-refractivity contribution in [2.24, 2.45) is 17.4 Å².